The van der Waals surface area contributed by atoms with Gasteiger partial charge in [-0.15, -0.1) is 11.8 Å². The second-order valence-electron chi connectivity index (χ2n) is 3.21. The largest absolute Gasteiger partial charge is 0.496 e. The molecule has 0 amide bonds. The van der Waals surface area contributed by atoms with Crippen LogP contribution in [0.5, 0.6) is 11.5 Å². The zero-order valence-corrected chi connectivity index (χ0v) is 10.4. The van der Waals surface area contributed by atoms with Gasteiger partial charge in [0.05, 0.1) is 19.1 Å². The minimum atomic E-state index is -0.0718. The van der Waals surface area contributed by atoms with Gasteiger partial charge in [0, 0.05) is 11.6 Å². The Hall–Kier alpha value is -0.870. The van der Waals surface area contributed by atoms with Crippen molar-refractivity contribution < 1.29 is 9.47 Å². The van der Waals surface area contributed by atoms with Gasteiger partial charge in [-0.25, -0.2) is 0 Å². The first-order chi connectivity index (χ1) is 7.15. The van der Waals surface area contributed by atoms with E-state index in [1.54, 1.807) is 26.0 Å². The van der Waals surface area contributed by atoms with Crippen LogP contribution in [0.15, 0.2) is 17.0 Å². The van der Waals surface area contributed by atoms with Gasteiger partial charge in [0.2, 0.25) is 0 Å². The van der Waals surface area contributed by atoms with Gasteiger partial charge in [-0.1, -0.05) is 0 Å². The van der Waals surface area contributed by atoms with E-state index in [-0.39, 0.29) is 6.04 Å². The molecule has 1 aromatic rings. The average Bonchev–Trinajstić information content (AvgIpc) is 2.26. The Morgan fingerprint density at radius 1 is 1.20 bits per heavy atom. The van der Waals surface area contributed by atoms with E-state index in [1.807, 2.05) is 25.3 Å². The van der Waals surface area contributed by atoms with Crippen molar-refractivity contribution in [3.63, 3.8) is 0 Å². The van der Waals surface area contributed by atoms with E-state index in [0.717, 1.165) is 22.0 Å². The van der Waals surface area contributed by atoms with Crippen LogP contribution in [0.2, 0.25) is 0 Å². The summed E-state index contributed by atoms with van der Waals surface area (Å²) < 4.78 is 10.6. The summed E-state index contributed by atoms with van der Waals surface area (Å²) in [7, 11) is 3.31. The van der Waals surface area contributed by atoms with E-state index in [2.05, 4.69) is 0 Å². The normalized spacial score (nSPS) is 12.3. The summed E-state index contributed by atoms with van der Waals surface area (Å²) in [4.78, 5) is 1.05. The number of benzene rings is 1. The molecule has 3 nitrogen and oxygen atoms in total. The zero-order valence-electron chi connectivity index (χ0n) is 9.53. The third kappa shape index (κ3) is 2.38. The average molecular weight is 227 g/mol. The highest BCUT2D eigenvalue weighted by Gasteiger charge is 2.16. The van der Waals surface area contributed by atoms with Gasteiger partial charge in [0.1, 0.15) is 11.5 Å². The molecule has 0 spiro atoms. The Balaban J connectivity index is 3.37. The molecule has 0 aliphatic carbocycles. The van der Waals surface area contributed by atoms with E-state index < -0.39 is 0 Å². The van der Waals surface area contributed by atoms with Gasteiger partial charge < -0.3 is 15.2 Å². The summed E-state index contributed by atoms with van der Waals surface area (Å²) >= 11 is 1.62. The van der Waals surface area contributed by atoms with Crippen LogP contribution in [-0.4, -0.2) is 20.5 Å². The van der Waals surface area contributed by atoms with Crippen molar-refractivity contribution >= 4 is 11.8 Å². The SMILES string of the molecule is COc1ccc(OC)c(C(C)N)c1SC. The molecule has 0 fully saturated rings. The minimum Gasteiger partial charge on any atom is -0.496 e. The number of hydrogen-bond acceptors (Lipinski definition) is 4. The fourth-order valence-electron chi connectivity index (χ4n) is 1.54. The number of hydrogen-bond donors (Lipinski definition) is 1. The summed E-state index contributed by atoms with van der Waals surface area (Å²) in [5, 5.41) is 0. The van der Waals surface area contributed by atoms with Crippen molar-refractivity contribution in [1.82, 2.24) is 0 Å². The summed E-state index contributed by atoms with van der Waals surface area (Å²) in [5.41, 5.74) is 6.95. The third-order valence-electron chi connectivity index (χ3n) is 2.22. The van der Waals surface area contributed by atoms with Gasteiger partial charge in [0.25, 0.3) is 0 Å². The molecule has 0 bridgehead atoms. The first kappa shape index (κ1) is 12.2. The third-order valence-corrected chi connectivity index (χ3v) is 3.05. The lowest BCUT2D eigenvalue weighted by Gasteiger charge is -2.18. The van der Waals surface area contributed by atoms with Crippen molar-refractivity contribution in [3.05, 3.63) is 17.7 Å². The number of ether oxygens (including phenoxy) is 2. The summed E-state index contributed by atoms with van der Waals surface area (Å²) in [6.07, 6.45) is 2.00. The predicted octanol–water partition coefficient (Wildman–Crippen LogP) is 2.45. The van der Waals surface area contributed by atoms with Crippen LogP contribution < -0.4 is 15.2 Å². The van der Waals surface area contributed by atoms with Crippen molar-refractivity contribution in [2.45, 2.75) is 17.9 Å². The second-order valence-corrected chi connectivity index (χ2v) is 4.02. The molecular weight excluding hydrogens is 210 g/mol. The molecule has 4 heteroatoms. The maximum absolute atomic E-state index is 5.94. The number of methoxy groups -OCH3 is 2. The van der Waals surface area contributed by atoms with E-state index in [4.69, 9.17) is 15.2 Å². The Morgan fingerprint density at radius 3 is 2.13 bits per heavy atom. The molecule has 1 rings (SSSR count). The molecule has 0 saturated heterocycles. The number of rotatable bonds is 4. The fraction of sp³-hybridized carbons (Fsp3) is 0.455. The molecule has 1 unspecified atom stereocenters. The monoisotopic (exact) mass is 227 g/mol. The maximum Gasteiger partial charge on any atom is 0.133 e. The molecule has 0 heterocycles. The Bertz CT molecular complexity index is 340. The van der Waals surface area contributed by atoms with E-state index in [9.17, 15) is 0 Å². The van der Waals surface area contributed by atoms with Crippen LogP contribution in [-0.2, 0) is 0 Å². The predicted molar refractivity (Wildman–Crippen MR) is 63.9 cm³/mol. The van der Waals surface area contributed by atoms with Crippen molar-refractivity contribution in [1.29, 1.82) is 0 Å². The summed E-state index contributed by atoms with van der Waals surface area (Å²) in [5.74, 6) is 1.66. The lowest BCUT2D eigenvalue weighted by molar-refractivity contribution is 0.386. The van der Waals surface area contributed by atoms with Crippen LogP contribution in [0.3, 0.4) is 0 Å². The first-order valence-corrected chi connectivity index (χ1v) is 5.92. The highest BCUT2D eigenvalue weighted by molar-refractivity contribution is 7.98. The van der Waals surface area contributed by atoms with Gasteiger partial charge >= 0.3 is 0 Å². The number of nitrogens with two attached hydrogens (primary N) is 1. The van der Waals surface area contributed by atoms with Crippen LogP contribution >= 0.6 is 11.8 Å². The van der Waals surface area contributed by atoms with Crippen molar-refractivity contribution in [3.8, 4) is 11.5 Å². The van der Waals surface area contributed by atoms with E-state index in [1.165, 1.54) is 0 Å². The van der Waals surface area contributed by atoms with Crippen molar-refractivity contribution in [2.75, 3.05) is 20.5 Å². The highest BCUT2D eigenvalue weighted by Crippen LogP contribution is 2.39. The van der Waals surface area contributed by atoms with Gasteiger partial charge in [0.15, 0.2) is 0 Å². The number of thioether (sulfide) groups is 1. The molecule has 0 saturated carbocycles. The molecule has 84 valence electrons. The topological polar surface area (TPSA) is 44.5 Å². The van der Waals surface area contributed by atoms with Crippen LogP contribution in [0, 0.1) is 0 Å². The fourth-order valence-corrected chi connectivity index (χ4v) is 2.40. The van der Waals surface area contributed by atoms with Crippen molar-refractivity contribution in [2.24, 2.45) is 5.73 Å². The summed E-state index contributed by atoms with van der Waals surface area (Å²) in [6.45, 7) is 1.94. The Labute approximate surface area is 94.9 Å². The van der Waals surface area contributed by atoms with E-state index >= 15 is 0 Å². The molecule has 1 atom stereocenters. The van der Waals surface area contributed by atoms with Crippen LogP contribution in [0.25, 0.3) is 0 Å². The van der Waals surface area contributed by atoms with Gasteiger partial charge in [-0.3, -0.25) is 0 Å². The molecule has 0 aliphatic rings. The standard InChI is InChI=1S/C11H17NO2S/c1-7(12)10-8(13-2)5-6-9(14-3)11(10)15-4/h5-7H,12H2,1-4H3. The lowest BCUT2D eigenvalue weighted by atomic mass is 10.1. The first-order valence-electron chi connectivity index (χ1n) is 4.70. The quantitative estimate of drug-likeness (QED) is 0.802. The lowest BCUT2D eigenvalue weighted by Crippen LogP contribution is -2.09. The van der Waals surface area contributed by atoms with E-state index in [0.29, 0.717) is 0 Å². The molecular formula is C11H17NO2S. The summed E-state index contributed by atoms with van der Waals surface area (Å²) in [6, 6.07) is 3.71. The van der Waals surface area contributed by atoms with Gasteiger partial charge in [-0.2, -0.15) is 0 Å². The highest BCUT2D eigenvalue weighted by atomic mass is 32.2. The Kier molecular flexibility index (Phi) is 4.29. The Morgan fingerprint density at radius 2 is 1.73 bits per heavy atom. The zero-order chi connectivity index (χ0) is 11.4. The molecule has 0 aromatic heterocycles. The minimum absolute atomic E-state index is 0.0718. The smallest absolute Gasteiger partial charge is 0.133 e. The molecule has 2 N–H and O–H groups in total. The van der Waals surface area contributed by atoms with Crippen LogP contribution in [0.1, 0.15) is 18.5 Å². The molecule has 1 aromatic carbocycles. The molecule has 15 heavy (non-hydrogen) atoms. The maximum atomic E-state index is 5.94. The second kappa shape index (κ2) is 5.28. The van der Waals surface area contributed by atoms with Gasteiger partial charge in [-0.05, 0) is 25.3 Å². The molecule has 0 aliphatic heterocycles. The van der Waals surface area contributed by atoms with Crippen LogP contribution in [0.4, 0.5) is 0 Å². The molecule has 0 radical (unpaired) electrons.